The van der Waals surface area contributed by atoms with E-state index in [9.17, 15) is 4.79 Å². The van der Waals surface area contributed by atoms with Crippen LogP contribution in [0.5, 0.6) is 0 Å². The fourth-order valence-electron chi connectivity index (χ4n) is 1.67. The standard InChI is InChI=1S/C11H19NO2/c1-4-9(10-6-5-7-14-10)12-11(13)8(2)3/h9-10H,2,4-7H2,1,3H3,(H,12,13). The summed E-state index contributed by atoms with van der Waals surface area (Å²) in [4.78, 5) is 11.4. The van der Waals surface area contributed by atoms with Gasteiger partial charge in [-0.15, -0.1) is 0 Å². The molecule has 0 bridgehead atoms. The number of carbonyl (C=O) groups is 1. The number of hydrogen-bond acceptors (Lipinski definition) is 2. The first kappa shape index (κ1) is 11.2. The summed E-state index contributed by atoms with van der Waals surface area (Å²) in [6, 6.07) is 0.140. The summed E-state index contributed by atoms with van der Waals surface area (Å²) in [6.45, 7) is 8.22. The molecule has 0 saturated carbocycles. The van der Waals surface area contributed by atoms with E-state index in [0.717, 1.165) is 25.9 Å². The lowest BCUT2D eigenvalue weighted by atomic mass is 10.1. The van der Waals surface area contributed by atoms with Crippen molar-refractivity contribution in [2.24, 2.45) is 0 Å². The van der Waals surface area contributed by atoms with E-state index in [2.05, 4.69) is 18.8 Å². The molecule has 80 valence electrons. The van der Waals surface area contributed by atoms with Crippen LogP contribution in [0.3, 0.4) is 0 Å². The summed E-state index contributed by atoms with van der Waals surface area (Å²) < 4.78 is 5.54. The topological polar surface area (TPSA) is 38.3 Å². The van der Waals surface area contributed by atoms with Crippen LogP contribution < -0.4 is 5.32 Å². The minimum Gasteiger partial charge on any atom is -0.376 e. The van der Waals surface area contributed by atoms with Crippen LogP contribution in [0.4, 0.5) is 0 Å². The van der Waals surface area contributed by atoms with E-state index in [1.807, 2.05) is 0 Å². The van der Waals surface area contributed by atoms with Gasteiger partial charge in [0.15, 0.2) is 0 Å². The number of ether oxygens (including phenoxy) is 1. The number of nitrogens with one attached hydrogen (secondary N) is 1. The number of hydrogen-bond donors (Lipinski definition) is 1. The van der Waals surface area contributed by atoms with Crippen molar-refractivity contribution in [3.8, 4) is 0 Å². The van der Waals surface area contributed by atoms with Crippen molar-refractivity contribution in [1.82, 2.24) is 5.32 Å². The van der Waals surface area contributed by atoms with E-state index in [4.69, 9.17) is 4.74 Å². The molecule has 0 aromatic rings. The molecule has 0 radical (unpaired) electrons. The van der Waals surface area contributed by atoms with Gasteiger partial charge in [0.2, 0.25) is 5.91 Å². The van der Waals surface area contributed by atoms with Crippen LogP contribution in [0.1, 0.15) is 33.1 Å². The van der Waals surface area contributed by atoms with E-state index in [1.54, 1.807) is 6.92 Å². The van der Waals surface area contributed by atoms with Crippen LogP contribution in [0, 0.1) is 0 Å². The lowest BCUT2D eigenvalue weighted by molar-refractivity contribution is -0.119. The summed E-state index contributed by atoms with van der Waals surface area (Å²) in [5.74, 6) is -0.0626. The summed E-state index contributed by atoms with van der Waals surface area (Å²) in [5, 5.41) is 2.94. The average molecular weight is 197 g/mol. The smallest absolute Gasteiger partial charge is 0.246 e. The van der Waals surface area contributed by atoms with Crippen LogP contribution in [-0.4, -0.2) is 24.7 Å². The van der Waals surface area contributed by atoms with Crippen molar-refractivity contribution in [2.75, 3.05) is 6.61 Å². The van der Waals surface area contributed by atoms with Crippen LogP contribution in [-0.2, 0) is 9.53 Å². The Labute approximate surface area is 85.5 Å². The Balaban J connectivity index is 2.45. The highest BCUT2D eigenvalue weighted by atomic mass is 16.5. The van der Waals surface area contributed by atoms with E-state index in [1.165, 1.54) is 0 Å². The second-order valence-corrected chi connectivity index (χ2v) is 3.82. The predicted octanol–water partition coefficient (Wildman–Crippen LogP) is 1.64. The zero-order chi connectivity index (χ0) is 10.6. The fraction of sp³-hybridized carbons (Fsp3) is 0.727. The zero-order valence-electron chi connectivity index (χ0n) is 9.01. The third-order valence-electron chi connectivity index (χ3n) is 2.56. The first-order chi connectivity index (χ1) is 6.65. The monoisotopic (exact) mass is 197 g/mol. The highest BCUT2D eigenvalue weighted by Gasteiger charge is 2.25. The lowest BCUT2D eigenvalue weighted by Gasteiger charge is -2.22. The molecule has 1 amide bonds. The molecule has 0 aromatic carbocycles. The zero-order valence-corrected chi connectivity index (χ0v) is 9.01. The Kier molecular flexibility index (Phi) is 4.14. The van der Waals surface area contributed by atoms with E-state index >= 15 is 0 Å². The Morgan fingerprint density at radius 1 is 1.71 bits per heavy atom. The molecule has 1 aliphatic heterocycles. The largest absolute Gasteiger partial charge is 0.376 e. The minimum atomic E-state index is -0.0626. The maximum absolute atomic E-state index is 11.4. The number of carbonyl (C=O) groups excluding carboxylic acids is 1. The molecule has 1 aliphatic rings. The van der Waals surface area contributed by atoms with Crippen molar-refractivity contribution in [1.29, 1.82) is 0 Å². The molecule has 1 N–H and O–H groups in total. The maximum atomic E-state index is 11.4. The molecule has 14 heavy (non-hydrogen) atoms. The Hall–Kier alpha value is -0.830. The van der Waals surface area contributed by atoms with Crippen LogP contribution >= 0.6 is 0 Å². The molecule has 2 atom stereocenters. The van der Waals surface area contributed by atoms with Crippen LogP contribution in [0.15, 0.2) is 12.2 Å². The second kappa shape index (κ2) is 5.15. The third-order valence-corrected chi connectivity index (χ3v) is 2.56. The summed E-state index contributed by atoms with van der Waals surface area (Å²) in [7, 11) is 0. The van der Waals surface area contributed by atoms with Gasteiger partial charge in [-0.25, -0.2) is 0 Å². The molecular weight excluding hydrogens is 178 g/mol. The van der Waals surface area contributed by atoms with Gasteiger partial charge in [-0.1, -0.05) is 13.5 Å². The van der Waals surface area contributed by atoms with E-state index < -0.39 is 0 Å². The first-order valence-electron chi connectivity index (χ1n) is 5.23. The highest BCUT2D eigenvalue weighted by Crippen LogP contribution is 2.17. The van der Waals surface area contributed by atoms with Gasteiger partial charge in [-0.05, 0) is 26.2 Å². The van der Waals surface area contributed by atoms with Gasteiger partial charge in [-0.3, -0.25) is 4.79 Å². The second-order valence-electron chi connectivity index (χ2n) is 3.82. The molecule has 3 heteroatoms. The molecule has 1 saturated heterocycles. The SMILES string of the molecule is C=C(C)C(=O)NC(CC)C1CCCO1. The van der Waals surface area contributed by atoms with E-state index in [0.29, 0.717) is 5.57 Å². The normalized spacial score (nSPS) is 23.1. The van der Waals surface area contributed by atoms with Gasteiger partial charge in [0.1, 0.15) is 0 Å². The molecule has 3 nitrogen and oxygen atoms in total. The number of rotatable bonds is 4. The Morgan fingerprint density at radius 3 is 2.86 bits per heavy atom. The van der Waals surface area contributed by atoms with Gasteiger partial charge in [0.25, 0.3) is 0 Å². The van der Waals surface area contributed by atoms with Gasteiger partial charge in [-0.2, -0.15) is 0 Å². The molecule has 1 rings (SSSR count). The lowest BCUT2D eigenvalue weighted by Crippen LogP contribution is -2.42. The number of amides is 1. The van der Waals surface area contributed by atoms with Crippen molar-refractivity contribution >= 4 is 5.91 Å². The van der Waals surface area contributed by atoms with Gasteiger partial charge < -0.3 is 10.1 Å². The van der Waals surface area contributed by atoms with E-state index in [-0.39, 0.29) is 18.1 Å². The maximum Gasteiger partial charge on any atom is 0.246 e. The molecule has 0 spiro atoms. The van der Waals surface area contributed by atoms with Crippen molar-refractivity contribution in [3.05, 3.63) is 12.2 Å². The quantitative estimate of drug-likeness (QED) is 0.696. The summed E-state index contributed by atoms with van der Waals surface area (Å²) in [6.07, 6.45) is 3.26. The van der Waals surface area contributed by atoms with Crippen LogP contribution in [0.25, 0.3) is 0 Å². The molecule has 2 unspecified atom stereocenters. The van der Waals surface area contributed by atoms with Crippen LogP contribution in [0.2, 0.25) is 0 Å². The fourth-order valence-corrected chi connectivity index (χ4v) is 1.67. The summed E-state index contributed by atoms with van der Waals surface area (Å²) >= 11 is 0. The van der Waals surface area contributed by atoms with Crippen molar-refractivity contribution < 1.29 is 9.53 Å². The minimum absolute atomic E-state index is 0.0626. The highest BCUT2D eigenvalue weighted by molar-refractivity contribution is 5.92. The molecule has 0 aliphatic carbocycles. The average Bonchev–Trinajstić information content (AvgIpc) is 2.66. The Bertz CT molecular complexity index is 219. The first-order valence-corrected chi connectivity index (χ1v) is 5.23. The summed E-state index contributed by atoms with van der Waals surface area (Å²) in [5.41, 5.74) is 0.557. The van der Waals surface area contributed by atoms with Crippen molar-refractivity contribution in [3.63, 3.8) is 0 Å². The predicted molar refractivity (Wildman–Crippen MR) is 56.0 cm³/mol. The Morgan fingerprint density at radius 2 is 2.43 bits per heavy atom. The molecule has 1 fully saturated rings. The molecular formula is C11H19NO2. The van der Waals surface area contributed by atoms with Gasteiger partial charge in [0.05, 0.1) is 12.1 Å². The van der Waals surface area contributed by atoms with Gasteiger partial charge >= 0.3 is 0 Å². The van der Waals surface area contributed by atoms with Crippen molar-refractivity contribution in [2.45, 2.75) is 45.3 Å². The third kappa shape index (κ3) is 2.84. The molecule has 1 heterocycles. The molecule has 0 aromatic heterocycles. The van der Waals surface area contributed by atoms with Gasteiger partial charge in [0, 0.05) is 12.2 Å².